The molecule has 0 aliphatic carbocycles. The van der Waals surface area contributed by atoms with Crippen LogP contribution in [-0.2, 0) is 13.3 Å². The van der Waals surface area contributed by atoms with Crippen molar-refractivity contribution in [3.8, 4) is 5.75 Å². The van der Waals surface area contributed by atoms with Crippen LogP contribution in [0.5, 0.6) is 5.75 Å². The van der Waals surface area contributed by atoms with Crippen LogP contribution in [0.25, 0.3) is 0 Å². The number of amides is 1. The minimum Gasteiger partial charge on any atom is -0.471 e. The van der Waals surface area contributed by atoms with Crippen molar-refractivity contribution in [1.82, 2.24) is 19.6 Å². The van der Waals surface area contributed by atoms with Gasteiger partial charge in [0.05, 0.1) is 0 Å². The minimum absolute atomic E-state index is 0.0393. The molecule has 1 fully saturated rings. The number of hydrogen-bond acceptors (Lipinski definition) is 4. The first-order chi connectivity index (χ1) is 15.0. The molecule has 0 unspecified atom stereocenters. The lowest BCUT2D eigenvalue weighted by Crippen LogP contribution is -2.48. The van der Waals surface area contributed by atoms with Crippen molar-refractivity contribution >= 4 is 17.5 Å². The highest BCUT2D eigenvalue weighted by atomic mass is 35.5. The maximum Gasteiger partial charge on any atom is 0.274 e. The van der Waals surface area contributed by atoms with E-state index in [9.17, 15) is 4.79 Å². The fourth-order valence-electron chi connectivity index (χ4n) is 3.84. The lowest BCUT2D eigenvalue weighted by atomic mass is 10.1. The van der Waals surface area contributed by atoms with Crippen LogP contribution >= 0.6 is 11.6 Å². The number of nitrogens with zero attached hydrogens (tertiary/aromatic N) is 4. The molecule has 1 saturated heterocycles. The van der Waals surface area contributed by atoms with Crippen molar-refractivity contribution in [2.45, 2.75) is 27.1 Å². The smallest absolute Gasteiger partial charge is 0.274 e. The molecule has 3 aromatic rings. The van der Waals surface area contributed by atoms with Crippen LogP contribution in [0.3, 0.4) is 0 Å². The van der Waals surface area contributed by atoms with Gasteiger partial charge in [-0.1, -0.05) is 35.9 Å². The Morgan fingerprint density at radius 2 is 1.74 bits per heavy atom. The summed E-state index contributed by atoms with van der Waals surface area (Å²) < 4.78 is 7.48. The average molecular weight is 439 g/mol. The van der Waals surface area contributed by atoms with Gasteiger partial charge in [-0.25, -0.2) is 4.68 Å². The molecular weight excluding hydrogens is 412 g/mol. The molecule has 0 radical (unpaired) electrons. The summed E-state index contributed by atoms with van der Waals surface area (Å²) in [6, 6.07) is 15.7. The Balaban J connectivity index is 1.29. The molecule has 1 aromatic heterocycles. The number of hydrogen-bond donors (Lipinski definition) is 0. The van der Waals surface area contributed by atoms with Crippen molar-refractivity contribution < 1.29 is 9.53 Å². The van der Waals surface area contributed by atoms with Crippen LogP contribution in [0, 0.1) is 13.8 Å². The minimum atomic E-state index is -0.0393. The Labute approximate surface area is 188 Å². The summed E-state index contributed by atoms with van der Waals surface area (Å²) in [6.07, 6.45) is 1.78. The number of piperazine rings is 1. The van der Waals surface area contributed by atoms with Crippen LogP contribution in [0.1, 0.15) is 27.2 Å². The van der Waals surface area contributed by atoms with E-state index in [0.29, 0.717) is 18.8 Å². The second-order valence-electron chi connectivity index (χ2n) is 8.00. The third-order valence-electron chi connectivity index (χ3n) is 5.43. The number of halogens is 1. The molecule has 6 nitrogen and oxygen atoms in total. The normalized spacial score (nSPS) is 14.6. The zero-order valence-electron chi connectivity index (χ0n) is 17.9. The van der Waals surface area contributed by atoms with Crippen LogP contribution in [0.2, 0.25) is 5.02 Å². The summed E-state index contributed by atoms with van der Waals surface area (Å²) in [4.78, 5) is 17.0. The molecule has 1 aliphatic rings. The maximum atomic E-state index is 12.9. The zero-order chi connectivity index (χ0) is 21.8. The molecule has 0 saturated carbocycles. The van der Waals surface area contributed by atoms with Gasteiger partial charge in [-0.15, -0.1) is 0 Å². The van der Waals surface area contributed by atoms with E-state index in [2.05, 4.69) is 16.1 Å². The van der Waals surface area contributed by atoms with Gasteiger partial charge in [0.1, 0.15) is 5.75 Å². The van der Waals surface area contributed by atoms with Crippen LogP contribution < -0.4 is 4.74 Å². The molecule has 7 heteroatoms. The lowest BCUT2D eigenvalue weighted by molar-refractivity contribution is 0.0621. The number of aryl methyl sites for hydroxylation is 2. The molecule has 1 amide bonds. The molecular formula is C24H27ClN4O2. The first-order valence-electron chi connectivity index (χ1n) is 10.5. The fourth-order valence-corrected chi connectivity index (χ4v) is 4.04. The number of rotatable bonds is 6. The van der Waals surface area contributed by atoms with Crippen molar-refractivity contribution in [3.05, 3.63) is 82.1 Å². The van der Waals surface area contributed by atoms with Gasteiger partial charge in [-0.3, -0.25) is 9.69 Å². The molecule has 2 heterocycles. The average Bonchev–Trinajstić information content (AvgIpc) is 3.22. The first-order valence-corrected chi connectivity index (χ1v) is 10.9. The van der Waals surface area contributed by atoms with E-state index in [1.54, 1.807) is 16.9 Å². The molecule has 0 atom stereocenters. The Kier molecular flexibility index (Phi) is 6.59. The Morgan fingerprint density at radius 1 is 1.03 bits per heavy atom. The van der Waals surface area contributed by atoms with Gasteiger partial charge in [-0.2, -0.15) is 5.10 Å². The van der Waals surface area contributed by atoms with Crippen LogP contribution in [0.15, 0.2) is 54.7 Å². The van der Waals surface area contributed by atoms with E-state index in [1.807, 2.05) is 55.1 Å². The molecule has 162 valence electrons. The van der Waals surface area contributed by atoms with E-state index >= 15 is 0 Å². The first kappa shape index (κ1) is 21.4. The summed E-state index contributed by atoms with van der Waals surface area (Å²) >= 11 is 6.27. The molecule has 1 aliphatic heterocycles. The monoisotopic (exact) mass is 438 g/mol. The van der Waals surface area contributed by atoms with E-state index in [0.717, 1.165) is 47.1 Å². The van der Waals surface area contributed by atoms with Crippen molar-refractivity contribution in [1.29, 1.82) is 0 Å². The van der Waals surface area contributed by atoms with Crippen molar-refractivity contribution in [3.63, 3.8) is 0 Å². The number of carbonyl (C=O) groups is 1. The Hall–Kier alpha value is -2.83. The highest BCUT2D eigenvalue weighted by molar-refractivity contribution is 6.31. The van der Waals surface area contributed by atoms with E-state index in [-0.39, 0.29) is 12.6 Å². The van der Waals surface area contributed by atoms with Gasteiger partial charge in [0.25, 0.3) is 5.91 Å². The zero-order valence-corrected chi connectivity index (χ0v) is 18.7. The summed E-state index contributed by atoms with van der Waals surface area (Å²) in [7, 11) is 0. The van der Waals surface area contributed by atoms with Crippen LogP contribution in [0.4, 0.5) is 0 Å². The van der Waals surface area contributed by atoms with Gasteiger partial charge >= 0.3 is 0 Å². The quantitative estimate of drug-likeness (QED) is 0.580. The Bertz CT molecular complexity index is 1040. The van der Waals surface area contributed by atoms with Crippen LogP contribution in [-0.4, -0.2) is 51.7 Å². The fraction of sp³-hybridized carbons (Fsp3) is 0.333. The second kappa shape index (κ2) is 9.54. The van der Waals surface area contributed by atoms with Gasteiger partial charge in [0.2, 0.25) is 0 Å². The highest BCUT2D eigenvalue weighted by Gasteiger charge is 2.24. The molecule has 2 aromatic carbocycles. The standard InChI is InChI=1S/C24H27ClN4O2/c1-18-13-19(2)15-21(14-18)31-17-29-8-7-23(26-29)24(30)28-11-9-27(10-12-28)16-20-5-3-4-6-22(20)25/h3-8,13-15H,9-12,16-17H2,1-2H3. The number of aromatic nitrogens is 2. The molecule has 0 bridgehead atoms. The summed E-state index contributed by atoms with van der Waals surface area (Å²) in [6.45, 7) is 8.12. The van der Waals surface area contributed by atoms with Gasteiger partial charge in [0.15, 0.2) is 12.4 Å². The van der Waals surface area contributed by atoms with E-state index < -0.39 is 0 Å². The highest BCUT2D eigenvalue weighted by Crippen LogP contribution is 2.19. The van der Waals surface area contributed by atoms with E-state index in [1.165, 1.54) is 0 Å². The largest absolute Gasteiger partial charge is 0.471 e. The maximum absolute atomic E-state index is 12.9. The lowest BCUT2D eigenvalue weighted by Gasteiger charge is -2.34. The van der Waals surface area contributed by atoms with Gasteiger partial charge in [-0.05, 0) is 54.8 Å². The van der Waals surface area contributed by atoms with E-state index in [4.69, 9.17) is 16.3 Å². The Morgan fingerprint density at radius 3 is 2.45 bits per heavy atom. The van der Waals surface area contributed by atoms with Gasteiger partial charge < -0.3 is 9.64 Å². The molecule has 0 N–H and O–H groups in total. The summed E-state index contributed by atoms with van der Waals surface area (Å²) in [5, 5.41) is 5.20. The van der Waals surface area contributed by atoms with Gasteiger partial charge in [0, 0.05) is 43.9 Å². The predicted octanol–water partition coefficient (Wildman–Crippen LogP) is 4.15. The second-order valence-corrected chi connectivity index (χ2v) is 8.40. The summed E-state index contributed by atoms with van der Waals surface area (Å²) in [5.74, 6) is 0.762. The van der Waals surface area contributed by atoms with Crippen molar-refractivity contribution in [2.75, 3.05) is 26.2 Å². The third-order valence-corrected chi connectivity index (χ3v) is 5.80. The number of ether oxygens (including phenoxy) is 1. The summed E-state index contributed by atoms with van der Waals surface area (Å²) in [5.41, 5.74) is 3.87. The SMILES string of the molecule is Cc1cc(C)cc(OCn2ccc(C(=O)N3CCN(Cc4ccccc4Cl)CC3)n2)c1. The molecule has 0 spiro atoms. The molecule has 31 heavy (non-hydrogen) atoms. The number of carbonyl (C=O) groups excluding carboxylic acids is 1. The molecule has 4 rings (SSSR count). The predicted molar refractivity (Wildman–Crippen MR) is 121 cm³/mol. The number of benzene rings is 2. The third kappa shape index (κ3) is 5.46. The van der Waals surface area contributed by atoms with Crippen molar-refractivity contribution in [2.24, 2.45) is 0 Å². The topological polar surface area (TPSA) is 50.6 Å².